The highest BCUT2D eigenvalue weighted by molar-refractivity contribution is 5.90. The lowest BCUT2D eigenvalue weighted by Crippen LogP contribution is -2.05. The van der Waals surface area contributed by atoms with E-state index >= 15 is 0 Å². The van der Waals surface area contributed by atoms with Gasteiger partial charge in [-0.25, -0.2) is 9.78 Å². The van der Waals surface area contributed by atoms with E-state index in [2.05, 4.69) is 4.98 Å². The largest absolute Gasteiger partial charge is 0.481 e. The fraction of sp³-hybridized carbons (Fsp3) is 0.231. The second-order valence-electron chi connectivity index (χ2n) is 3.68. The maximum Gasteiger partial charge on any atom is 0.342 e. The Labute approximate surface area is 104 Å². The van der Waals surface area contributed by atoms with Crippen LogP contribution in [0.3, 0.4) is 0 Å². The molecule has 5 heteroatoms. The summed E-state index contributed by atoms with van der Waals surface area (Å²) in [5.41, 5.74) is 1.24. The quantitative estimate of drug-likeness (QED) is 0.776. The van der Waals surface area contributed by atoms with E-state index < -0.39 is 5.97 Å². The van der Waals surface area contributed by atoms with E-state index in [1.807, 2.05) is 0 Å². The Kier molecular flexibility index (Phi) is 3.62. The highest BCUT2D eigenvalue weighted by Crippen LogP contribution is 2.12. The molecule has 18 heavy (non-hydrogen) atoms. The van der Waals surface area contributed by atoms with Gasteiger partial charge in [-0.2, -0.15) is 0 Å². The van der Waals surface area contributed by atoms with Crippen LogP contribution in [0.1, 0.15) is 21.7 Å². The average Bonchev–Trinajstić information content (AvgIpc) is 2.83. The third kappa shape index (κ3) is 2.68. The van der Waals surface area contributed by atoms with Crippen LogP contribution >= 0.6 is 0 Å². The second-order valence-corrected chi connectivity index (χ2v) is 3.68. The first kappa shape index (κ1) is 12.2. The molecule has 0 N–H and O–H groups in total. The van der Waals surface area contributed by atoms with Gasteiger partial charge in [0.1, 0.15) is 17.9 Å². The van der Waals surface area contributed by atoms with Crippen molar-refractivity contribution in [2.24, 2.45) is 0 Å². The SMILES string of the molecule is COc1ccc(COC(=O)c2ccoc2C)cn1. The number of furan rings is 1. The smallest absolute Gasteiger partial charge is 0.342 e. The molecular formula is C13H13NO4. The third-order valence-corrected chi connectivity index (χ3v) is 2.46. The topological polar surface area (TPSA) is 61.6 Å². The molecule has 5 nitrogen and oxygen atoms in total. The van der Waals surface area contributed by atoms with E-state index in [1.165, 1.54) is 6.26 Å². The molecule has 94 valence electrons. The van der Waals surface area contributed by atoms with Crippen LogP contribution < -0.4 is 4.74 Å². The maximum atomic E-state index is 11.7. The first-order valence-electron chi connectivity index (χ1n) is 5.41. The molecule has 2 rings (SSSR count). The molecule has 2 aromatic rings. The van der Waals surface area contributed by atoms with E-state index in [4.69, 9.17) is 13.9 Å². The molecule has 0 saturated carbocycles. The van der Waals surface area contributed by atoms with Crippen molar-refractivity contribution in [3.63, 3.8) is 0 Å². The Morgan fingerprint density at radius 3 is 2.78 bits per heavy atom. The summed E-state index contributed by atoms with van der Waals surface area (Å²) in [5.74, 6) is 0.667. The number of carbonyl (C=O) groups is 1. The van der Waals surface area contributed by atoms with E-state index in [9.17, 15) is 4.79 Å². The summed E-state index contributed by atoms with van der Waals surface area (Å²) in [4.78, 5) is 15.7. The molecule has 2 heterocycles. The molecular weight excluding hydrogens is 234 g/mol. The summed E-state index contributed by atoms with van der Waals surface area (Å²) >= 11 is 0. The van der Waals surface area contributed by atoms with Gasteiger partial charge in [-0.05, 0) is 19.1 Å². The zero-order valence-electron chi connectivity index (χ0n) is 10.2. The normalized spacial score (nSPS) is 10.1. The van der Waals surface area contributed by atoms with Gasteiger partial charge in [0, 0.05) is 17.8 Å². The van der Waals surface area contributed by atoms with Gasteiger partial charge in [-0.15, -0.1) is 0 Å². The zero-order valence-corrected chi connectivity index (χ0v) is 10.2. The van der Waals surface area contributed by atoms with E-state index in [1.54, 1.807) is 38.4 Å². The third-order valence-electron chi connectivity index (χ3n) is 2.46. The average molecular weight is 247 g/mol. The molecule has 0 spiro atoms. The maximum absolute atomic E-state index is 11.7. The van der Waals surface area contributed by atoms with Crippen LogP contribution in [0, 0.1) is 6.92 Å². The number of hydrogen-bond acceptors (Lipinski definition) is 5. The summed E-state index contributed by atoms with van der Waals surface area (Å²) in [6.45, 7) is 1.88. The molecule has 0 unspecified atom stereocenters. The monoisotopic (exact) mass is 247 g/mol. The van der Waals surface area contributed by atoms with Crippen LogP contribution in [-0.4, -0.2) is 18.1 Å². The van der Waals surface area contributed by atoms with Gasteiger partial charge >= 0.3 is 5.97 Å². The van der Waals surface area contributed by atoms with E-state index in [0.29, 0.717) is 17.2 Å². The molecule has 0 radical (unpaired) electrons. The zero-order chi connectivity index (χ0) is 13.0. The van der Waals surface area contributed by atoms with Gasteiger partial charge in [0.25, 0.3) is 0 Å². The molecule has 0 aliphatic rings. The molecule has 0 fully saturated rings. The van der Waals surface area contributed by atoms with Crippen LogP contribution in [0.2, 0.25) is 0 Å². The minimum absolute atomic E-state index is 0.167. The fourth-order valence-corrected chi connectivity index (χ4v) is 1.44. The Morgan fingerprint density at radius 1 is 1.39 bits per heavy atom. The van der Waals surface area contributed by atoms with Crippen LogP contribution in [-0.2, 0) is 11.3 Å². The lowest BCUT2D eigenvalue weighted by molar-refractivity contribution is 0.0470. The summed E-state index contributed by atoms with van der Waals surface area (Å²) < 4.78 is 15.1. The minimum Gasteiger partial charge on any atom is -0.481 e. The second kappa shape index (κ2) is 5.35. The number of carbonyl (C=O) groups excluding carboxylic acids is 1. The minimum atomic E-state index is -0.405. The van der Waals surface area contributed by atoms with E-state index in [-0.39, 0.29) is 6.61 Å². The predicted molar refractivity (Wildman–Crippen MR) is 63.4 cm³/mol. The molecule has 0 amide bonds. The molecule has 0 saturated heterocycles. The number of esters is 1. The van der Waals surface area contributed by atoms with Crippen LogP contribution in [0.25, 0.3) is 0 Å². The van der Waals surface area contributed by atoms with Crippen molar-refractivity contribution in [1.82, 2.24) is 4.98 Å². The standard InChI is InChI=1S/C13H13NO4/c1-9-11(5-6-17-9)13(15)18-8-10-3-4-12(16-2)14-7-10/h3-7H,8H2,1-2H3. The van der Waals surface area contributed by atoms with Crippen molar-refractivity contribution in [3.05, 3.63) is 47.5 Å². The van der Waals surface area contributed by atoms with Crippen molar-refractivity contribution < 1.29 is 18.7 Å². The molecule has 0 aliphatic heterocycles. The van der Waals surface area contributed by atoms with Crippen LogP contribution in [0.4, 0.5) is 0 Å². The van der Waals surface area contributed by atoms with Crippen molar-refractivity contribution in [2.75, 3.05) is 7.11 Å². The van der Waals surface area contributed by atoms with Crippen LogP contribution in [0.5, 0.6) is 5.88 Å². The number of aromatic nitrogens is 1. The lowest BCUT2D eigenvalue weighted by Gasteiger charge is -2.04. The Bertz CT molecular complexity index is 530. The number of pyridine rings is 1. The Balaban J connectivity index is 1.95. The summed E-state index contributed by atoms with van der Waals surface area (Å²) in [5, 5.41) is 0. The summed E-state index contributed by atoms with van der Waals surface area (Å²) in [6, 6.07) is 5.09. The molecule has 0 bridgehead atoms. The Morgan fingerprint density at radius 2 is 2.22 bits per heavy atom. The first-order chi connectivity index (χ1) is 8.70. The van der Waals surface area contributed by atoms with E-state index in [0.717, 1.165) is 5.56 Å². The van der Waals surface area contributed by atoms with Crippen molar-refractivity contribution in [1.29, 1.82) is 0 Å². The van der Waals surface area contributed by atoms with Crippen molar-refractivity contribution >= 4 is 5.97 Å². The molecule has 2 aromatic heterocycles. The lowest BCUT2D eigenvalue weighted by atomic mass is 10.2. The number of hydrogen-bond donors (Lipinski definition) is 0. The number of aryl methyl sites for hydroxylation is 1. The fourth-order valence-electron chi connectivity index (χ4n) is 1.44. The highest BCUT2D eigenvalue weighted by Gasteiger charge is 2.12. The highest BCUT2D eigenvalue weighted by atomic mass is 16.5. The first-order valence-corrected chi connectivity index (χ1v) is 5.41. The summed E-state index contributed by atoms with van der Waals surface area (Å²) in [6.07, 6.45) is 3.06. The Hall–Kier alpha value is -2.30. The molecule has 0 aromatic carbocycles. The van der Waals surface area contributed by atoms with Gasteiger partial charge in [0.2, 0.25) is 5.88 Å². The van der Waals surface area contributed by atoms with Crippen molar-refractivity contribution in [3.8, 4) is 5.88 Å². The predicted octanol–water partition coefficient (Wildman–Crippen LogP) is 2.35. The van der Waals surface area contributed by atoms with Gasteiger partial charge in [0.05, 0.1) is 13.4 Å². The van der Waals surface area contributed by atoms with Gasteiger partial charge in [0.15, 0.2) is 0 Å². The van der Waals surface area contributed by atoms with Gasteiger partial charge in [-0.3, -0.25) is 0 Å². The summed E-state index contributed by atoms with van der Waals surface area (Å²) in [7, 11) is 1.55. The number of ether oxygens (including phenoxy) is 2. The molecule has 0 aliphatic carbocycles. The van der Waals surface area contributed by atoms with Gasteiger partial charge in [-0.1, -0.05) is 0 Å². The number of rotatable bonds is 4. The van der Waals surface area contributed by atoms with Gasteiger partial charge < -0.3 is 13.9 Å². The number of methoxy groups -OCH3 is 1. The molecule has 0 atom stereocenters. The van der Waals surface area contributed by atoms with Crippen LogP contribution in [0.15, 0.2) is 35.1 Å². The van der Waals surface area contributed by atoms with Crippen molar-refractivity contribution in [2.45, 2.75) is 13.5 Å². The number of nitrogens with zero attached hydrogens (tertiary/aromatic N) is 1.